The lowest BCUT2D eigenvalue weighted by atomic mass is 10.1. The van der Waals surface area contributed by atoms with Crippen LogP contribution < -0.4 is 10.2 Å². The van der Waals surface area contributed by atoms with E-state index >= 15 is 0 Å². The summed E-state index contributed by atoms with van der Waals surface area (Å²) in [4.78, 5) is 39.2. The van der Waals surface area contributed by atoms with Gasteiger partial charge < -0.3 is 15.0 Å². The number of ether oxygens (including phenoxy) is 1. The molecular formula is C19H19N5O3S2. The number of morpholine rings is 1. The average Bonchev–Trinajstić information content (AvgIpc) is 3.18. The summed E-state index contributed by atoms with van der Waals surface area (Å²) in [7, 11) is 0. The van der Waals surface area contributed by atoms with Gasteiger partial charge in [0.2, 0.25) is 5.91 Å². The summed E-state index contributed by atoms with van der Waals surface area (Å²) in [5, 5.41) is 4.46. The number of benzene rings is 1. The zero-order valence-electron chi connectivity index (χ0n) is 15.8. The van der Waals surface area contributed by atoms with Crippen LogP contribution in [0.15, 0.2) is 35.6 Å². The van der Waals surface area contributed by atoms with E-state index in [9.17, 15) is 9.59 Å². The molecule has 1 amide bonds. The van der Waals surface area contributed by atoms with Gasteiger partial charge in [0.25, 0.3) is 0 Å². The number of nitrogens with one attached hydrogen (secondary N) is 1. The highest BCUT2D eigenvalue weighted by molar-refractivity contribution is 8.00. The first-order valence-corrected chi connectivity index (χ1v) is 10.9. The predicted molar refractivity (Wildman–Crippen MR) is 114 cm³/mol. The Morgan fingerprint density at radius 1 is 1.28 bits per heavy atom. The molecule has 2 aromatic heterocycles. The molecule has 4 rings (SSSR count). The number of carbonyl (C=O) groups is 2. The Bertz CT molecular complexity index is 1050. The monoisotopic (exact) mass is 429 g/mol. The Morgan fingerprint density at radius 2 is 2.10 bits per heavy atom. The van der Waals surface area contributed by atoms with Crippen molar-refractivity contribution in [1.82, 2.24) is 15.0 Å². The smallest absolute Gasteiger partial charge is 0.234 e. The lowest BCUT2D eigenvalue weighted by molar-refractivity contribution is -0.113. The fourth-order valence-electron chi connectivity index (χ4n) is 2.86. The molecule has 10 heteroatoms. The largest absolute Gasteiger partial charge is 0.378 e. The summed E-state index contributed by atoms with van der Waals surface area (Å²) in [5.74, 6) is -0.0122. The number of rotatable bonds is 6. The second-order valence-corrected chi connectivity index (χ2v) is 8.34. The lowest BCUT2D eigenvalue weighted by Crippen LogP contribution is -2.36. The molecule has 1 saturated heterocycles. The molecule has 3 aromatic rings. The van der Waals surface area contributed by atoms with E-state index in [1.165, 1.54) is 36.3 Å². The number of carbonyl (C=O) groups excluding carboxylic acids is 2. The number of thiazole rings is 1. The maximum atomic E-state index is 12.4. The highest BCUT2D eigenvalue weighted by Gasteiger charge is 2.18. The lowest BCUT2D eigenvalue weighted by Gasteiger charge is -2.25. The van der Waals surface area contributed by atoms with Crippen LogP contribution in [0.5, 0.6) is 0 Å². The highest BCUT2D eigenvalue weighted by Crippen LogP contribution is 2.34. The molecule has 1 aliphatic rings. The van der Waals surface area contributed by atoms with Gasteiger partial charge >= 0.3 is 0 Å². The van der Waals surface area contributed by atoms with E-state index in [1.807, 2.05) is 0 Å². The number of anilines is 2. The molecule has 0 saturated carbocycles. The molecule has 1 aliphatic heterocycles. The van der Waals surface area contributed by atoms with E-state index in [2.05, 4.69) is 25.2 Å². The van der Waals surface area contributed by atoms with E-state index in [0.29, 0.717) is 30.1 Å². The van der Waals surface area contributed by atoms with Gasteiger partial charge in [-0.1, -0.05) is 35.2 Å². The van der Waals surface area contributed by atoms with Crippen LogP contribution in [-0.2, 0) is 9.53 Å². The van der Waals surface area contributed by atoms with Crippen LogP contribution >= 0.6 is 23.1 Å². The molecule has 8 nitrogen and oxygen atoms in total. The summed E-state index contributed by atoms with van der Waals surface area (Å²) in [5.41, 5.74) is 1.81. The fourth-order valence-corrected chi connectivity index (χ4v) is 4.80. The third-order valence-corrected chi connectivity index (χ3v) is 6.55. The van der Waals surface area contributed by atoms with Gasteiger partial charge in [0.05, 0.1) is 19.0 Å². The van der Waals surface area contributed by atoms with E-state index in [4.69, 9.17) is 4.74 Å². The highest BCUT2D eigenvalue weighted by atomic mass is 32.2. The van der Waals surface area contributed by atoms with Gasteiger partial charge in [-0.3, -0.25) is 9.59 Å². The van der Waals surface area contributed by atoms with E-state index in [0.717, 1.165) is 27.9 Å². The third kappa shape index (κ3) is 4.72. The van der Waals surface area contributed by atoms with Gasteiger partial charge in [-0.25, -0.2) is 9.97 Å². The van der Waals surface area contributed by atoms with Gasteiger partial charge in [0.15, 0.2) is 16.6 Å². The molecule has 1 N–H and O–H groups in total. The van der Waals surface area contributed by atoms with Crippen LogP contribution in [0.25, 0.3) is 10.3 Å². The molecule has 1 fully saturated rings. The number of ketones is 1. The Kier molecular flexibility index (Phi) is 6.02. The molecular weight excluding hydrogens is 410 g/mol. The van der Waals surface area contributed by atoms with Crippen molar-refractivity contribution in [3.8, 4) is 0 Å². The van der Waals surface area contributed by atoms with Crippen LogP contribution in [0, 0.1) is 0 Å². The van der Waals surface area contributed by atoms with Crippen molar-refractivity contribution in [1.29, 1.82) is 0 Å². The van der Waals surface area contributed by atoms with Gasteiger partial charge in [-0.05, 0) is 19.1 Å². The third-order valence-electron chi connectivity index (χ3n) is 4.32. The van der Waals surface area contributed by atoms with E-state index < -0.39 is 0 Å². The minimum absolute atomic E-state index is 0.0416. The molecule has 0 aliphatic carbocycles. The number of thioether (sulfide) groups is 1. The van der Waals surface area contributed by atoms with Gasteiger partial charge in [0.1, 0.15) is 16.1 Å². The van der Waals surface area contributed by atoms with Crippen LogP contribution in [0.3, 0.4) is 0 Å². The maximum Gasteiger partial charge on any atom is 0.234 e. The van der Waals surface area contributed by atoms with Crippen LogP contribution in [0.2, 0.25) is 0 Å². The normalized spacial score (nSPS) is 14.2. The molecule has 1 aromatic carbocycles. The first-order chi connectivity index (χ1) is 14.1. The van der Waals surface area contributed by atoms with E-state index in [1.54, 1.807) is 24.3 Å². The van der Waals surface area contributed by atoms with Gasteiger partial charge in [-0.2, -0.15) is 4.98 Å². The Labute approximate surface area is 175 Å². The molecule has 0 unspecified atom stereocenters. The maximum absolute atomic E-state index is 12.4. The van der Waals surface area contributed by atoms with Crippen molar-refractivity contribution < 1.29 is 14.3 Å². The molecule has 29 heavy (non-hydrogen) atoms. The molecule has 150 valence electrons. The van der Waals surface area contributed by atoms with Crippen molar-refractivity contribution >= 4 is 56.0 Å². The molecule has 0 atom stereocenters. The van der Waals surface area contributed by atoms with Crippen LogP contribution in [0.4, 0.5) is 10.8 Å². The minimum atomic E-state index is -0.166. The number of hydrogen-bond donors (Lipinski definition) is 1. The summed E-state index contributed by atoms with van der Waals surface area (Å²) >= 11 is 2.88. The van der Waals surface area contributed by atoms with Gasteiger partial charge in [-0.15, -0.1) is 0 Å². The topological polar surface area (TPSA) is 97.3 Å². The van der Waals surface area contributed by atoms with Crippen molar-refractivity contribution in [3.63, 3.8) is 0 Å². The average molecular weight is 430 g/mol. The Balaban J connectivity index is 1.43. The van der Waals surface area contributed by atoms with Crippen molar-refractivity contribution in [3.05, 3.63) is 36.2 Å². The number of nitrogens with zero attached hydrogens (tertiary/aromatic N) is 4. The predicted octanol–water partition coefficient (Wildman–Crippen LogP) is 2.86. The standard InChI is InChI=1S/C19H19N5O3S2/c1-12(25)13-3-2-4-14(9-13)22-15(26)10-28-18-16-17(20-11-21-18)23-19(29-16)24-5-7-27-8-6-24/h2-4,9,11H,5-8,10H2,1H3,(H,22,26). The number of fused-ring (bicyclic) bond motifs is 1. The minimum Gasteiger partial charge on any atom is -0.378 e. The van der Waals surface area contributed by atoms with E-state index in [-0.39, 0.29) is 17.4 Å². The van der Waals surface area contributed by atoms with Crippen molar-refractivity contribution in [2.24, 2.45) is 0 Å². The van der Waals surface area contributed by atoms with Gasteiger partial charge in [0, 0.05) is 24.3 Å². The Morgan fingerprint density at radius 3 is 2.90 bits per heavy atom. The zero-order chi connectivity index (χ0) is 20.2. The summed E-state index contributed by atoms with van der Waals surface area (Å²) in [6, 6.07) is 6.90. The fraction of sp³-hybridized carbons (Fsp3) is 0.316. The molecule has 3 heterocycles. The number of hydrogen-bond acceptors (Lipinski definition) is 9. The number of aromatic nitrogens is 3. The number of amides is 1. The summed E-state index contributed by atoms with van der Waals surface area (Å²) in [6.07, 6.45) is 1.47. The second-order valence-electron chi connectivity index (χ2n) is 6.40. The molecule has 0 bridgehead atoms. The zero-order valence-corrected chi connectivity index (χ0v) is 17.4. The summed E-state index contributed by atoms with van der Waals surface area (Å²) in [6.45, 7) is 4.48. The first-order valence-electron chi connectivity index (χ1n) is 9.08. The van der Waals surface area contributed by atoms with Crippen molar-refractivity contribution in [2.45, 2.75) is 11.9 Å². The molecule has 0 radical (unpaired) electrons. The van der Waals surface area contributed by atoms with Crippen LogP contribution in [-0.4, -0.2) is 58.7 Å². The van der Waals surface area contributed by atoms with Crippen LogP contribution in [0.1, 0.15) is 17.3 Å². The number of Topliss-reactive ketones (excluding diaryl/α,β-unsaturated/α-hetero) is 1. The van der Waals surface area contributed by atoms with Crippen molar-refractivity contribution in [2.75, 3.05) is 42.3 Å². The Hall–Kier alpha value is -2.56. The summed E-state index contributed by atoms with van der Waals surface area (Å²) < 4.78 is 6.27. The first kappa shape index (κ1) is 19.7. The second kappa shape index (κ2) is 8.85. The quantitative estimate of drug-likeness (QED) is 0.363. The SMILES string of the molecule is CC(=O)c1cccc(NC(=O)CSc2ncnc3nc(N4CCOCC4)sc23)c1. The molecule has 0 spiro atoms.